The van der Waals surface area contributed by atoms with Crippen LogP contribution in [0.5, 0.6) is 0 Å². The number of hydrogen-bond donors (Lipinski definition) is 1. The van der Waals surface area contributed by atoms with E-state index in [1.54, 1.807) is 36.7 Å². The van der Waals surface area contributed by atoms with Crippen LogP contribution in [0, 0.1) is 0 Å². The van der Waals surface area contributed by atoms with Gasteiger partial charge in [0.1, 0.15) is 0 Å². The number of aromatic nitrogens is 2. The fraction of sp³-hybridized carbons (Fsp3) is 0.333. The molecule has 1 amide bonds. The first-order valence-corrected chi connectivity index (χ1v) is 9.76. The summed E-state index contributed by atoms with van der Waals surface area (Å²) in [4.78, 5) is 37.4. The molecule has 1 aromatic carbocycles. The van der Waals surface area contributed by atoms with Crippen molar-refractivity contribution in [3.05, 3.63) is 65.0 Å². The van der Waals surface area contributed by atoms with Crippen LogP contribution in [-0.2, 0) is 0 Å². The van der Waals surface area contributed by atoms with Gasteiger partial charge in [-0.3, -0.25) is 9.69 Å². The number of nitrogens with zero attached hydrogens (tertiary/aromatic N) is 4. The summed E-state index contributed by atoms with van der Waals surface area (Å²) >= 11 is 0. The first-order chi connectivity index (χ1) is 14.2. The predicted octanol–water partition coefficient (Wildman–Crippen LogP) is 1.53. The van der Waals surface area contributed by atoms with E-state index >= 15 is 0 Å². The summed E-state index contributed by atoms with van der Waals surface area (Å²) in [5.74, 6) is 0.459. The number of piperazine rings is 1. The van der Waals surface area contributed by atoms with Crippen LogP contribution in [0.4, 0.5) is 5.95 Å². The molecule has 1 aliphatic heterocycles. The molecule has 0 aliphatic carbocycles. The maximum Gasteiger partial charge on any atom is 0.344 e. The Hall–Kier alpha value is -3.26. The molecule has 8 nitrogen and oxygen atoms in total. The van der Waals surface area contributed by atoms with Gasteiger partial charge < -0.3 is 14.6 Å². The van der Waals surface area contributed by atoms with Gasteiger partial charge >= 0.3 is 5.63 Å². The second-order valence-corrected chi connectivity index (χ2v) is 6.97. The quantitative estimate of drug-likeness (QED) is 0.635. The maximum absolute atomic E-state index is 12.3. The van der Waals surface area contributed by atoms with E-state index in [0.717, 1.165) is 45.1 Å². The van der Waals surface area contributed by atoms with E-state index in [1.807, 2.05) is 12.1 Å². The molecule has 0 saturated carbocycles. The van der Waals surface area contributed by atoms with Crippen molar-refractivity contribution in [1.82, 2.24) is 20.2 Å². The monoisotopic (exact) mass is 393 g/mol. The van der Waals surface area contributed by atoms with Crippen LogP contribution in [0.25, 0.3) is 10.8 Å². The van der Waals surface area contributed by atoms with Gasteiger partial charge in [-0.15, -0.1) is 0 Å². The molecule has 0 bridgehead atoms. The SMILES string of the molecule is O=C(NCCCN1CCN(c2ncccn2)CC1)c1cc2ccccc2c(=O)o1. The third-order valence-corrected chi connectivity index (χ3v) is 5.04. The van der Waals surface area contributed by atoms with Gasteiger partial charge in [0.2, 0.25) is 5.95 Å². The first-order valence-electron chi connectivity index (χ1n) is 9.76. The Kier molecular flexibility index (Phi) is 5.81. The predicted molar refractivity (Wildman–Crippen MR) is 110 cm³/mol. The fourth-order valence-corrected chi connectivity index (χ4v) is 3.46. The molecule has 4 rings (SSSR count). The van der Waals surface area contributed by atoms with Crippen LogP contribution in [0.2, 0.25) is 0 Å². The van der Waals surface area contributed by atoms with Crippen molar-refractivity contribution in [3.63, 3.8) is 0 Å². The van der Waals surface area contributed by atoms with Crippen LogP contribution in [0.15, 0.2) is 58.0 Å². The topological polar surface area (TPSA) is 91.6 Å². The minimum absolute atomic E-state index is 0.0465. The number of rotatable bonds is 6. The van der Waals surface area contributed by atoms with Crippen molar-refractivity contribution in [3.8, 4) is 0 Å². The van der Waals surface area contributed by atoms with Gasteiger partial charge in [0.15, 0.2) is 5.76 Å². The molecule has 1 N–H and O–H groups in total. The molecule has 0 radical (unpaired) electrons. The van der Waals surface area contributed by atoms with Crippen molar-refractivity contribution >= 4 is 22.6 Å². The highest BCUT2D eigenvalue weighted by atomic mass is 16.4. The van der Waals surface area contributed by atoms with E-state index in [2.05, 4.69) is 25.1 Å². The summed E-state index contributed by atoms with van der Waals surface area (Å²) in [6.07, 6.45) is 4.34. The second kappa shape index (κ2) is 8.83. The summed E-state index contributed by atoms with van der Waals surface area (Å²) in [6.45, 7) is 5.07. The third kappa shape index (κ3) is 4.60. The van der Waals surface area contributed by atoms with Gasteiger partial charge in [-0.05, 0) is 36.6 Å². The average molecular weight is 393 g/mol. The Morgan fingerprint density at radius 3 is 2.62 bits per heavy atom. The van der Waals surface area contributed by atoms with E-state index in [4.69, 9.17) is 4.42 Å². The van der Waals surface area contributed by atoms with Crippen LogP contribution in [0.3, 0.4) is 0 Å². The minimum atomic E-state index is -0.492. The smallest absolute Gasteiger partial charge is 0.344 e. The Balaban J connectivity index is 1.22. The van der Waals surface area contributed by atoms with Crippen molar-refractivity contribution < 1.29 is 9.21 Å². The summed E-state index contributed by atoms with van der Waals surface area (Å²) in [6, 6.07) is 10.5. The zero-order valence-electron chi connectivity index (χ0n) is 16.1. The Morgan fingerprint density at radius 1 is 1.07 bits per heavy atom. The first kappa shape index (κ1) is 19.1. The van der Waals surface area contributed by atoms with Crippen LogP contribution in [0.1, 0.15) is 17.0 Å². The number of benzene rings is 1. The minimum Gasteiger partial charge on any atom is -0.417 e. The van der Waals surface area contributed by atoms with E-state index < -0.39 is 5.63 Å². The zero-order valence-corrected chi connectivity index (χ0v) is 16.1. The molecule has 2 aromatic heterocycles. The molecule has 3 aromatic rings. The maximum atomic E-state index is 12.3. The third-order valence-electron chi connectivity index (χ3n) is 5.04. The lowest BCUT2D eigenvalue weighted by Crippen LogP contribution is -2.47. The standard InChI is InChI=1S/C21H23N5O3/c27-19(18-15-16-5-1-2-6-17(16)20(28)29-18)22-9-4-10-25-11-13-26(14-12-25)21-23-7-3-8-24-21/h1-3,5-8,15H,4,9-14H2,(H,22,27). The number of carbonyl (C=O) groups excluding carboxylic acids is 1. The molecule has 150 valence electrons. The fourth-order valence-electron chi connectivity index (χ4n) is 3.46. The molecule has 8 heteroatoms. The number of fused-ring (bicyclic) bond motifs is 1. The van der Waals surface area contributed by atoms with Gasteiger partial charge in [-0.2, -0.15) is 0 Å². The highest BCUT2D eigenvalue weighted by molar-refractivity contribution is 5.95. The molecule has 1 aliphatic rings. The van der Waals surface area contributed by atoms with Crippen molar-refractivity contribution in [2.45, 2.75) is 6.42 Å². The van der Waals surface area contributed by atoms with Gasteiger partial charge in [0.25, 0.3) is 5.91 Å². The van der Waals surface area contributed by atoms with Crippen molar-refractivity contribution in [2.75, 3.05) is 44.2 Å². The van der Waals surface area contributed by atoms with Crippen LogP contribution < -0.4 is 15.8 Å². The van der Waals surface area contributed by atoms with Crippen LogP contribution in [-0.4, -0.2) is 60.0 Å². The lowest BCUT2D eigenvalue weighted by atomic mass is 10.1. The molecule has 1 saturated heterocycles. The Labute approximate surface area is 168 Å². The summed E-state index contributed by atoms with van der Waals surface area (Å²) < 4.78 is 5.16. The molecule has 1 fully saturated rings. The number of carbonyl (C=O) groups is 1. The summed E-state index contributed by atoms with van der Waals surface area (Å²) in [5, 5.41) is 4.02. The Bertz CT molecular complexity index is 1030. The zero-order chi connectivity index (χ0) is 20.1. The molecule has 0 unspecified atom stereocenters. The lowest BCUT2D eigenvalue weighted by Gasteiger charge is -2.34. The number of amides is 1. The number of hydrogen-bond acceptors (Lipinski definition) is 7. The number of anilines is 1. The van der Waals surface area contributed by atoms with E-state index in [1.165, 1.54) is 0 Å². The number of nitrogens with one attached hydrogen (secondary N) is 1. The van der Waals surface area contributed by atoms with Gasteiger partial charge in [0.05, 0.1) is 5.39 Å². The van der Waals surface area contributed by atoms with Crippen LogP contribution >= 0.6 is 0 Å². The van der Waals surface area contributed by atoms with E-state index in [-0.39, 0.29) is 11.7 Å². The second-order valence-electron chi connectivity index (χ2n) is 6.97. The van der Waals surface area contributed by atoms with Gasteiger partial charge in [-0.1, -0.05) is 18.2 Å². The molecule has 3 heterocycles. The average Bonchev–Trinajstić information content (AvgIpc) is 2.77. The van der Waals surface area contributed by atoms with E-state index in [9.17, 15) is 9.59 Å². The normalized spacial score (nSPS) is 14.8. The van der Waals surface area contributed by atoms with Gasteiger partial charge in [0, 0.05) is 45.1 Å². The molecule has 29 heavy (non-hydrogen) atoms. The highest BCUT2D eigenvalue weighted by Gasteiger charge is 2.18. The summed E-state index contributed by atoms with van der Waals surface area (Å²) in [5.41, 5.74) is -0.492. The molecular weight excluding hydrogens is 370 g/mol. The van der Waals surface area contributed by atoms with Crippen molar-refractivity contribution in [1.29, 1.82) is 0 Å². The van der Waals surface area contributed by atoms with Gasteiger partial charge in [-0.25, -0.2) is 14.8 Å². The van der Waals surface area contributed by atoms with E-state index in [0.29, 0.717) is 17.3 Å². The Morgan fingerprint density at radius 2 is 1.83 bits per heavy atom. The lowest BCUT2D eigenvalue weighted by molar-refractivity contribution is 0.0920. The largest absolute Gasteiger partial charge is 0.417 e. The van der Waals surface area contributed by atoms with Crippen molar-refractivity contribution in [2.24, 2.45) is 0 Å². The molecule has 0 atom stereocenters. The molecule has 0 spiro atoms. The highest BCUT2D eigenvalue weighted by Crippen LogP contribution is 2.12. The summed E-state index contributed by atoms with van der Waals surface area (Å²) in [7, 11) is 0. The molecular formula is C21H23N5O3.